The molecule has 1 aromatic rings. The topological polar surface area (TPSA) is 66.7 Å². The van der Waals surface area contributed by atoms with Crippen LogP contribution in [0, 0.1) is 15.9 Å². The molecule has 1 aromatic carbocycles. The summed E-state index contributed by atoms with van der Waals surface area (Å²) >= 11 is 0. The van der Waals surface area contributed by atoms with Crippen LogP contribution < -0.4 is 4.90 Å². The summed E-state index contributed by atoms with van der Waals surface area (Å²) in [5, 5.41) is 10.6. The fraction of sp³-hybridized carbons (Fsp3) is 0.300. The first kappa shape index (κ1) is 11.3. The SMILES string of the molecule is CN1CCN(c2cccc([N+](=O)[O-])c2F)C1=O. The maximum absolute atomic E-state index is 13.8. The average Bonchev–Trinajstić information content (AvgIpc) is 2.60. The number of amides is 2. The minimum absolute atomic E-state index is 0.0476. The molecular weight excluding hydrogens is 229 g/mol. The first-order chi connectivity index (χ1) is 8.02. The Morgan fingerprint density at radius 1 is 1.41 bits per heavy atom. The van der Waals surface area contributed by atoms with Gasteiger partial charge in [-0.05, 0) is 6.07 Å². The number of halogens is 1. The Labute approximate surface area is 96.4 Å². The number of carbonyl (C=O) groups excluding carboxylic acids is 1. The van der Waals surface area contributed by atoms with Crippen LogP contribution in [0.5, 0.6) is 0 Å². The molecule has 7 heteroatoms. The number of nitrogens with zero attached hydrogens (tertiary/aromatic N) is 3. The summed E-state index contributed by atoms with van der Waals surface area (Å²) in [7, 11) is 1.59. The molecule has 0 saturated carbocycles. The number of anilines is 1. The van der Waals surface area contributed by atoms with Crippen LogP contribution in [-0.2, 0) is 0 Å². The third-order valence-electron chi connectivity index (χ3n) is 2.66. The van der Waals surface area contributed by atoms with Crippen molar-refractivity contribution in [2.75, 3.05) is 25.0 Å². The van der Waals surface area contributed by atoms with Crippen molar-refractivity contribution in [2.45, 2.75) is 0 Å². The number of nitro benzene ring substituents is 1. The zero-order valence-electron chi connectivity index (χ0n) is 9.09. The predicted molar refractivity (Wildman–Crippen MR) is 58.4 cm³/mol. The van der Waals surface area contributed by atoms with Crippen LogP contribution in [0.3, 0.4) is 0 Å². The zero-order valence-corrected chi connectivity index (χ0v) is 9.09. The average molecular weight is 239 g/mol. The highest BCUT2D eigenvalue weighted by atomic mass is 19.1. The number of nitro groups is 1. The van der Waals surface area contributed by atoms with Crippen molar-refractivity contribution in [1.82, 2.24) is 4.90 Å². The van der Waals surface area contributed by atoms with Gasteiger partial charge >= 0.3 is 11.7 Å². The van der Waals surface area contributed by atoms with Crippen LogP contribution in [0.25, 0.3) is 0 Å². The van der Waals surface area contributed by atoms with Crippen LogP contribution in [0.15, 0.2) is 18.2 Å². The molecule has 1 aliphatic heterocycles. The Bertz CT molecular complexity index is 492. The molecule has 0 aromatic heterocycles. The summed E-state index contributed by atoms with van der Waals surface area (Å²) in [4.78, 5) is 24.1. The number of hydrogen-bond donors (Lipinski definition) is 0. The molecular formula is C10H10FN3O3. The van der Waals surface area contributed by atoms with E-state index in [0.717, 1.165) is 6.07 Å². The van der Waals surface area contributed by atoms with Crippen molar-refractivity contribution in [2.24, 2.45) is 0 Å². The van der Waals surface area contributed by atoms with Crippen molar-refractivity contribution in [1.29, 1.82) is 0 Å². The summed E-state index contributed by atoms with van der Waals surface area (Å²) in [6.45, 7) is 0.800. The molecule has 0 N–H and O–H groups in total. The highest BCUT2D eigenvalue weighted by molar-refractivity contribution is 5.94. The molecule has 0 unspecified atom stereocenters. The van der Waals surface area contributed by atoms with Gasteiger partial charge in [0.25, 0.3) is 0 Å². The van der Waals surface area contributed by atoms with Crippen molar-refractivity contribution in [3.8, 4) is 0 Å². The summed E-state index contributed by atoms with van der Waals surface area (Å²) in [5.41, 5.74) is -0.668. The largest absolute Gasteiger partial charge is 0.326 e. The molecule has 2 rings (SSSR count). The van der Waals surface area contributed by atoms with Gasteiger partial charge in [-0.3, -0.25) is 15.0 Å². The second kappa shape index (κ2) is 4.00. The first-order valence-corrected chi connectivity index (χ1v) is 4.98. The van der Waals surface area contributed by atoms with E-state index in [-0.39, 0.29) is 11.7 Å². The Morgan fingerprint density at radius 2 is 2.12 bits per heavy atom. The number of likely N-dealkylation sites (N-methyl/N-ethyl adjacent to an activating group) is 1. The van der Waals surface area contributed by atoms with Gasteiger partial charge < -0.3 is 4.90 Å². The number of urea groups is 1. The van der Waals surface area contributed by atoms with E-state index in [2.05, 4.69) is 0 Å². The summed E-state index contributed by atoms with van der Waals surface area (Å²) in [6.07, 6.45) is 0. The molecule has 1 aliphatic rings. The van der Waals surface area contributed by atoms with E-state index in [0.29, 0.717) is 13.1 Å². The Hall–Kier alpha value is -2.18. The highest BCUT2D eigenvalue weighted by Crippen LogP contribution is 2.29. The second-order valence-corrected chi connectivity index (χ2v) is 3.72. The third kappa shape index (κ3) is 1.79. The second-order valence-electron chi connectivity index (χ2n) is 3.72. The van der Waals surface area contributed by atoms with Crippen molar-refractivity contribution < 1.29 is 14.1 Å². The maximum atomic E-state index is 13.8. The third-order valence-corrected chi connectivity index (χ3v) is 2.66. The summed E-state index contributed by atoms with van der Waals surface area (Å²) < 4.78 is 13.8. The lowest BCUT2D eigenvalue weighted by Gasteiger charge is -2.16. The van der Waals surface area contributed by atoms with Gasteiger partial charge in [-0.15, -0.1) is 0 Å². The van der Waals surface area contributed by atoms with Gasteiger partial charge in [0, 0.05) is 26.2 Å². The summed E-state index contributed by atoms with van der Waals surface area (Å²) in [6, 6.07) is 3.44. The predicted octanol–water partition coefficient (Wildman–Crippen LogP) is 1.61. The van der Waals surface area contributed by atoms with Crippen LogP contribution in [-0.4, -0.2) is 36.0 Å². The minimum Gasteiger partial charge on any atom is -0.326 e. The molecule has 1 heterocycles. The van der Waals surface area contributed by atoms with Gasteiger partial charge in [-0.25, -0.2) is 4.79 Å². The van der Waals surface area contributed by atoms with Crippen LogP contribution in [0.1, 0.15) is 0 Å². The number of benzene rings is 1. The highest BCUT2D eigenvalue weighted by Gasteiger charge is 2.31. The molecule has 0 aliphatic carbocycles. The van der Waals surface area contributed by atoms with Crippen LogP contribution in [0.2, 0.25) is 0 Å². The van der Waals surface area contributed by atoms with E-state index in [1.165, 1.54) is 21.9 Å². The lowest BCUT2D eigenvalue weighted by atomic mass is 10.2. The quantitative estimate of drug-likeness (QED) is 0.581. The molecule has 1 fully saturated rings. The van der Waals surface area contributed by atoms with E-state index < -0.39 is 16.4 Å². The molecule has 1 saturated heterocycles. The monoisotopic (exact) mass is 239 g/mol. The first-order valence-electron chi connectivity index (χ1n) is 4.98. The lowest BCUT2D eigenvalue weighted by Crippen LogP contribution is -2.29. The van der Waals surface area contributed by atoms with E-state index in [1.807, 2.05) is 0 Å². The maximum Gasteiger partial charge on any atom is 0.324 e. The smallest absolute Gasteiger partial charge is 0.324 e. The standard InChI is InChI=1S/C10H10FN3O3/c1-12-5-6-13(10(12)15)7-3-2-4-8(9(7)11)14(16)17/h2-4H,5-6H2,1H3. The molecule has 0 bridgehead atoms. The van der Waals surface area contributed by atoms with Gasteiger partial charge in [0.15, 0.2) is 0 Å². The normalized spacial score (nSPS) is 15.5. The molecule has 0 spiro atoms. The molecule has 6 nitrogen and oxygen atoms in total. The Morgan fingerprint density at radius 3 is 2.65 bits per heavy atom. The Balaban J connectivity index is 2.43. The van der Waals surface area contributed by atoms with E-state index in [9.17, 15) is 19.3 Å². The van der Waals surface area contributed by atoms with Crippen LogP contribution in [0.4, 0.5) is 20.6 Å². The van der Waals surface area contributed by atoms with Gasteiger partial charge in [0.05, 0.1) is 10.6 Å². The van der Waals surface area contributed by atoms with E-state index in [1.54, 1.807) is 7.05 Å². The molecule has 2 amide bonds. The van der Waals surface area contributed by atoms with Crippen LogP contribution >= 0.6 is 0 Å². The number of rotatable bonds is 2. The molecule has 0 radical (unpaired) electrons. The fourth-order valence-corrected chi connectivity index (χ4v) is 1.73. The summed E-state index contributed by atoms with van der Waals surface area (Å²) in [5.74, 6) is -0.971. The number of carbonyl (C=O) groups is 1. The minimum atomic E-state index is -0.971. The van der Waals surface area contributed by atoms with Crippen molar-refractivity contribution in [3.05, 3.63) is 34.1 Å². The van der Waals surface area contributed by atoms with E-state index in [4.69, 9.17) is 0 Å². The lowest BCUT2D eigenvalue weighted by molar-refractivity contribution is -0.387. The fourth-order valence-electron chi connectivity index (χ4n) is 1.73. The molecule has 17 heavy (non-hydrogen) atoms. The van der Waals surface area contributed by atoms with Gasteiger partial charge in [-0.1, -0.05) is 6.07 Å². The van der Waals surface area contributed by atoms with Crippen molar-refractivity contribution >= 4 is 17.4 Å². The van der Waals surface area contributed by atoms with Gasteiger partial charge in [0.1, 0.15) is 0 Å². The van der Waals surface area contributed by atoms with Crippen molar-refractivity contribution in [3.63, 3.8) is 0 Å². The zero-order chi connectivity index (χ0) is 12.6. The van der Waals surface area contributed by atoms with Gasteiger partial charge in [-0.2, -0.15) is 4.39 Å². The molecule has 90 valence electrons. The van der Waals surface area contributed by atoms with Gasteiger partial charge in [0.2, 0.25) is 5.82 Å². The van der Waals surface area contributed by atoms with E-state index >= 15 is 0 Å². The molecule has 0 atom stereocenters. The Kier molecular flexibility index (Phi) is 2.66. The number of hydrogen-bond acceptors (Lipinski definition) is 3.